The van der Waals surface area contributed by atoms with E-state index in [1.54, 1.807) is 12.1 Å². The van der Waals surface area contributed by atoms with E-state index in [0.29, 0.717) is 25.3 Å². The lowest BCUT2D eigenvalue weighted by molar-refractivity contribution is -0.137. The van der Waals surface area contributed by atoms with E-state index < -0.39 is 15.8 Å². The Morgan fingerprint density at radius 3 is 2.35 bits per heavy atom. The van der Waals surface area contributed by atoms with Gasteiger partial charge < -0.3 is 10.0 Å². The van der Waals surface area contributed by atoms with Crippen LogP contribution in [0.3, 0.4) is 0 Å². The maximum absolute atomic E-state index is 12.7. The van der Waals surface area contributed by atoms with Gasteiger partial charge in [-0.25, -0.2) is 13.2 Å². The Kier molecular flexibility index (Phi) is 5.65. The fourth-order valence-corrected chi connectivity index (χ4v) is 5.44. The Balaban J connectivity index is 1.57. The maximum atomic E-state index is 12.7. The molecule has 1 amide bonds. The molecule has 0 saturated carbocycles. The lowest BCUT2D eigenvalue weighted by atomic mass is 9.90. The molecule has 0 spiro atoms. The van der Waals surface area contributed by atoms with Crippen molar-refractivity contribution in [2.75, 3.05) is 24.6 Å². The first-order chi connectivity index (χ1) is 12.3. The van der Waals surface area contributed by atoms with Crippen LogP contribution in [0, 0.1) is 11.8 Å². The van der Waals surface area contributed by atoms with E-state index in [0.717, 1.165) is 31.4 Å². The molecule has 0 aliphatic carbocycles. The Labute approximate surface area is 154 Å². The van der Waals surface area contributed by atoms with Crippen LogP contribution in [-0.4, -0.2) is 54.9 Å². The fourth-order valence-electron chi connectivity index (χ4n) is 3.94. The van der Waals surface area contributed by atoms with Gasteiger partial charge in [-0.05, 0) is 55.7 Å². The molecule has 0 unspecified atom stereocenters. The molecule has 0 radical (unpaired) electrons. The summed E-state index contributed by atoms with van der Waals surface area (Å²) >= 11 is 0. The van der Waals surface area contributed by atoms with Crippen LogP contribution in [0.2, 0.25) is 0 Å². The summed E-state index contributed by atoms with van der Waals surface area (Å²) in [6.45, 7) is 1.44. The van der Waals surface area contributed by atoms with Gasteiger partial charge in [0.2, 0.25) is 5.91 Å². The van der Waals surface area contributed by atoms with E-state index in [2.05, 4.69) is 0 Å². The lowest BCUT2D eigenvalue weighted by Crippen LogP contribution is -2.45. The van der Waals surface area contributed by atoms with Crippen molar-refractivity contribution in [3.8, 4) is 0 Å². The summed E-state index contributed by atoms with van der Waals surface area (Å²) < 4.78 is 23.1. The molecule has 3 rings (SSSR count). The number of aromatic carboxylic acids is 1. The number of sulfone groups is 1. The number of likely N-dealkylation sites (tertiary alicyclic amines) is 1. The molecule has 0 aromatic heterocycles. The number of rotatable bonds is 4. The third-order valence-corrected chi connectivity index (χ3v) is 7.18. The van der Waals surface area contributed by atoms with Crippen LogP contribution in [0.1, 0.15) is 41.6 Å². The van der Waals surface area contributed by atoms with E-state index in [4.69, 9.17) is 5.11 Å². The molecule has 0 bridgehead atoms. The zero-order chi connectivity index (χ0) is 18.7. The monoisotopic (exact) mass is 379 g/mol. The van der Waals surface area contributed by atoms with Crippen molar-refractivity contribution in [3.05, 3.63) is 35.4 Å². The van der Waals surface area contributed by atoms with Crippen molar-refractivity contribution in [2.24, 2.45) is 11.8 Å². The zero-order valence-electron chi connectivity index (χ0n) is 14.8. The second-order valence-corrected chi connectivity index (χ2v) is 9.73. The predicted octanol–water partition coefficient (Wildman–Crippen LogP) is 1.99. The number of amides is 1. The molecule has 2 aliphatic rings. The van der Waals surface area contributed by atoms with Gasteiger partial charge in [-0.2, -0.15) is 0 Å². The molecule has 142 valence electrons. The van der Waals surface area contributed by atoms with E-state index in [9.17, 15) is 18.0 Å². The molecule has 1 N–H and O–H groups in total. The fraction of sp³-hybridized carbons (Fsp3) is 0.579. The van der Waals surface area contributed by atoms with Gasteiger partial charge in [-0.15, -0.1) is 0 Å². The van der Waals surface area contributed by atoms with E-state index >= 15 is 0 Å². The third-order valence-electron chi connectivity index (χ3n) is 5.46. The van der Waals surface area contributed by atoms with Crippen LogP contribution in [0.15, 0.2) is 24.3 Å². The number of piperidine rings is 1. The minimum atomic E-state index is -2.95. The minimum absolute atomic E-state index is 0.103. The van der Waals surface area contributed by atoms with Crippen molar-refractivity contribution in [2.45, 2.75) is 32.1 Å². The van der Waals surface area contributed by atoms with Crippen molar-refractivity contribution in [1.82, 2.24) is 4.90 Å². The second-order valence-electron chi connectivity index (χ2n) is 7.42. The highest BCUT2D eigenvalue weighted by Crippen LogP contribution is 2.26. The third kappa shape index (κ3) is 4.63. The minimum Gasteiger partial charge on any atom is -0.478 e. The summed E-state index contributed by atoms with van der Waals surface area (Å²) in [5.74, 6) is -0.387. The highest BCUT2D eigenvalue weighted by Gasteiger charge is 2.33. The van der Waals surface area contributed by atoms with Crippen LogP contribution < -0.4 is 0 Å². The van der Waals surface area contributed by atoms with Crippen molar-refractivity contribution in [3.63, 3.8) is 0 Å². The lowest BCUT2D eigenvalue weighted by Gasteiger charge is -2.36. The van der Waals surface area contributed by atoms with E-state index in [1.165, 1.54) is 0 Å². The largest absolute Gasteiger partial charge is 0.478 e. The number of carbonyl (C=O) groups excluding carboxylic acids is 1. The summed E-state index contributed by atoms with van der Waals surface area (Å²) in [5, 5.41) is 8.97. The Hall–Kier alpha value is -1.89. The summed E-state index contributed by atoms with van der Waals surface area (Å²) in [6, 6.07) is 6.92. The first-order valence-corrected chi connectivity index (χ1v) is 11.0. The topological polar surface area (TPSA) is 91.8 Å². The Bertz CT molecular complexity index is 758. The number of nitrogens with zero attached hydrogens (tertiary/aromatic N) is 1. The van der Waals surface area contributed by atoms with Crippen molar-refractivity contribution in [1.29, 1.82) is 0 Å². The van der Waals surface area contributed by atoms with E-state index in [1.807, 2.05) is 17.0 Å². The maximum Gasteiger partial charge on any atom is 0.335 e. The average molecular weight is 379 g/mol. The zero-order valence-corrected chi connectivity index (χ0v) is 15.6. The van der Waals surface area contributed by atoms with Crippen LogP contribution in [0.25, 0.3) is 0 Å². The van der Waals surface area contributed by atoms with Crippen LogP contribution in [0.5, 0.6) is 0 Å². The average Bonchev–Trinajstić information content (AvgIpc) is 2.62. The molecule has 2 saturated heterocycles. The molecule has 6 nitrogen and oxygen atoms in total. The van der Waals surface area contributed by atoms with Crippen molar-refractivity contribution < 1.29 is 23.1 Å². The molecular formula is C19H25NO5S. The first kappa shape index (κ1) is 18.9. The number of hydrogen-bond acceptors (Lipinski definition) is 4. The molecule has 1 aromatic rings. The molecular weight excluding hydrogens is 354 g/mol. The van der Waals surface area contributed by atoms with Gasteiger partial charge >= 0.3 is 5.97 Å². The number of hydrogen-bond donors (Lipinski definition) is 1. The number of carboxylic acids is 1. The molecule has 2 heterocycles. The molecule has 2 fully saturated rings. The van der Waals surface area contributed by atoms with Gasteiger partial charge in [0.15, 0.2) is 0 Å². The Morgan fingerprint density at radius 1 is 1.08 bits per heavy atom. The Morgan fingerprint density at radius 2 is 1.73 bits per heavy atom. The summed E-state index contributed by atoms with van der Waals surface area (Å²) in [5.41, 5.74) is 1.36. The van der Waals surface area contributed by atoms with E-state index in [-0.39, 0.29) is 28.9 Å². The molecule has 1 aromatic carbocycles. The number of benzene rings is 1. The second kappa shape index (κ2) is 7.78. The van der Waals surface area contributed by atoms with Crippen LogP contribution in [0.4, 0.5) is 0 Å². The van der Waals surface area contributed by atoms with Gasteiger partial charge in [0, 0.05) is 19.0 Å². The smallest absolute Gasteiger partial charge is 0.335 e. The standard InChI is InChI=1S/C19H25NO5S/c21-18(16-7-10-26(24,25)11-8-16)20-9-1-2-15(13-20)12-14-3-5-17(6-4-14)19(22)23/h3-6,15-16H,1-2,7-13H2,(H,22,23)/t15-/m0/s1. The van der Waals surface area contributed by atoms with Gasteiger partial charge in [-0.3, -0.25) is 4.79 Å². The normalized spacial score (nSPS) is 23.5. The van der Waals surface area contributed by atoms with Crippen LogP contribution in [-0.2, 0) is 21.1 Å². The predicted molar refractivity (Wildman–Crippen MR) is 97.8 cm³/mol. The summed E-state index contributed by atoms with van der Waals surface area (Å²) in [7, 11) is -2.95. The number of carboxylic acid groups (broad SMARTS) is 1. The summed E-state index contributed by atoms with van der Waals surface area (Å²) in [4.78, 5) is 25.6. The quantitative estimate of drug-likeness (QED) is 0.864. The number of carbonyl (C=O) groups is 2. The SMILES string of the molecule is O=C(O)c1ccc(C[C@@H]2CCCN(C(=O)C3CCS(=O)(=O)CC3)C2)cc1. The molecule has 26 heavy (non-hydrogen) atoms. The first-order valence-electron chi connectivity index (χ1n) is 9.15. The summed E-state index contributed by atoms with van der Waals surface area (Å²) in [6.07, 6.45) is 3.71. The van der Waals surface area contributed by atoms with Crippen molar-refractivity contribution >= 4 is 21.7 Å². The van der Waals surface area contributed by atoms with Gasteiger partial charge in [0.1, 0.15) is 9.84 Å². The van der Waals surface area contributed by atoms with Gasteiger partial charge in [0.05, 0.1) is 17.1 Å². The van der Waals surface area contributed by atoms with Gasteiger partial charge in [-0.1, -0.05) is 12.1 Å². The molecule has 2 aliphatic heterocycles. The van der Waals surface area contributed by atoms with Crippen LogP contribution >= 0.6 is 0 Å². The van der Waals surface area contributed by atoms with Gasteiger partial charge in [0.25, 0.3) is 0 Å². The highest BCUT2D eigenvalue weighted by molar-refractivity contribution is 7.91. The molecule has 7 heteroatoms. The molecule has 1 atom stereocenters. The highest BCUT2D eigenvalue weighted by atomic mass is 32.2.